The number of benzene rings is 1. The Kier molecular flexibility index (Phi) is 4.12. The molecular formula is C11H14O4. The molecule has 0 aliphatic rings. The maximum atomic E-state index is 10.6. The van der Waals surface area contributed by atoms with Crippen LogP contribution in [0.2, 0.25) is 0 Å². The van der Waals surface area contributed by atoms with Crippen LogP contribution in [0.15, 0.2) is 18.2 Å². The van der Waals surface area contributed by atoms with Crippen LogP contribution >= 0.6 is 0 Å². The summed E-state index contributed by atoms with van der Waals surface area (Å²) in [4.78, 5) is 10.6. The van der Waals surface area contributed by atoms with Crippen molar-refractivity contribution in [3.8, 4) is 5.75 Å². The van der Waals surface area contributed by atoms with Crippen molar-refractivity contribution < 1.29 is 19.4 Å². The maximum Gasteiger partial charge on any atom is 0.302 e. The molecule has 0 saturated carbocycles. The van der Waals surface area contributed by atoms with Crippen LogP contribution in [0, 0.1) is 0 Å². The Labute approximate surface area is 88.4 Å². The monoisotopic (exact) mass is 210 g/mol. The zero-order chi connectivity index (χ0) is 11.3. The number of rotatable bonds is 4. The van der Waals surface area contributed by atoms with Gasteiger partial charge in [0.1, 0.15) is 12.4 Å². The van der Waals surface area contributed by atoms with Gasteiger partial charge in [0.25, 0.3) is 0 Å². The average Bonchev–Trinajstić information content (AvgIpc) is 2.19. The van der Waals surface area contributed by atoms with Crippen LogP contribution in [0.5, 0.6) is 5.75 Å². The molecule has 0 saturated heterocycles. The van der Waals surface area contributed by atoms with Crippen molar-refractivity contribution in [1.82, 2.24) is 0 Å². The number of phenolic OH excluding ortho intramolecular Hbond substituents is 1. The summed E-state index contributed by atoms with van der Waals surface area (Å²) >= 11 is 0. The van der Waals surface area contributed by atoms with Crippen LogP contribution in [-0.2, 0) is 27.5 Å². The van der Waals surface area contributed by atoms with Crippen LogP contribution in [0.25, 0.3) is 0 Å². The first-order chi connectivity index (χ1) is 7.13. The van der Waals surface area contributed by atoms with Crippen molar-refractivity contribution in [3.63, 3.8) is 0 Å². The molecule has 0 spiro atoms. The Morgan fingerprint density at radius 3 is 2.73 bits per heavy atom. The summed E-state index contributed by atoms with van der Waals surface area (Å²) in [6.07, 6.45) is 0. The molecule has 0 aliphatic heterocycles. The van der Waals surface area contributed by atoms with Crippen molar-refractivity contribution in [2.45, 2.75) is 20.1 Å². The zero-order valence-corrected chi connectivity index (χ0v) is 8.82. The van der Waals surface area contributed by atoms with Crippen LogP contribution in [-0.4, -0.2) is 18.2 Å². The molecule has 1 rings (SSSR count). The number of ether oxygens (including phenoxy) is 2. The van der Waals surface area contributed by atoms with Gasteiger partial charge in [0.15, 0.2) is 0 Å². The lowest BCUT2D eigenvalue weighted by atomic mass is 10.1. The number of hydrogen-bond donors (Lipinski definition) is 1. The molecule has 0 aromatic heterocycles. The fourth-order valence-corrected chi connectivity index (χ4v) is 1.19. The second-order valence-corrected chi connectivity index (χ2v) is 3.18. The largest absolute Gasteiger partial charge is 0.508 e. The van der Waals surface area contributed by atoms with Gasteiger partial charge in [-0.1, -0.05) is 6.07 Å². The van der Waals surface area contributed by atoms with E-state index < -0.39 is 0 Å². The van der Waals surface area contributed by atoms with Gasteiger partial charge in [-0.2, -0.15) is 0 Å². The Bertz CT molecular complexity index is 346. The third kappa shape index (κ3) is 3.59. The van der Waals surface area contributed by atoms with Gasteiger partial charge in [0, 0.05) is 19.6 Å². The Morgan fingerprint density at radius 1 is 1.40 bits per heavy atom. The number of methoxy groups -OCH3 is 1. The minimum atomic E-state index is -0.369. The summed E-state index contributed by atoms with van der Waals surface area (Å²) in [5, 5.41) is 9.48. The molecule has 15 heavy (non-hydrogen) atoms. The lowest BCUT2D eigenvalue weighted by molar-refractivity contribution is -0.142. The molecule has 4 nitrogen and oxygen atoms in total. The normalized spacial score (nSPS) is 10.0. The molecule has 0 fully saturated rings. The summed E-state index contributed by atoms with van der Waals surface area (Å²) < 4.78 is 9.76. The van der Waals surface area contributed by atoms with E-state index in [2.05, 4.69) is 0 Å². The first-order valence-corrected chi connectivity index (χ1v) is 4.56. The Balaban J connectivity index is 2.75. The van der Waals surface area contributed by atoms with Gasteiger partial charge >= 0.3 is 5.97 Å². The van der Waals surface area contributed by atoms with E-state index in [-0.39, 0.29) is 18.3 Å². The topological polar surface area (TPSA) is 55.8 Å². The Hall–Kier alpha value is -1.55. The molecule has 0 unspecified atom stereocenters. The van der Waals surface area contributed by atoms with Gasteiger partial charge in [-0.25, -0.2) is 0 Å². The molecule has 0 atom stereocenters. The summed E-state index contributed by atoms with van der Waals surface area (Å²) in [5.74, 6) is -0.248. The lowest BCUT2D eigenvalue weighted by Gasteiger charge is -2.07. The molecule has 82 valence electrons. The molecule has 0 aliphatic carbocycles. The predicted molar refractivity (Wildman–Crippen MR) is 54.3 cm³/mol. The molecule has 0 bridgehead atoms. The van der Waals surface area contributed by atoms with Gasteiger partial charge < -0.3 is 14.6 Å². The van der Waals surface area contributed by atoms with E-state index in [1.54, 1.807) is 25.3 Å². The number of esters is 1. The highest BCUT2D eigenvalue weighted by atomic mass is 16.5. The number of phenols is 1. The third-order valence-corrected chi connectivity index (χ3v) is 1.89. The fourth-order valence-electron chi connectivity index (χ4n) is 1.19. The van der Waals surface area contributed by atoms with Crippen LogP contribution < -0.4 is 0 Å². The van der Waals surface area contributed by atoms with E-state index in [0.717, 1.165) is 5.56 Å². The number of aromatic hydroxyl groups is 1. The standard InChI is InChI=1S/C11H14O4/c1-8(12)15-7-10-5-9(6-14-2)3-4-11(10)13/h3-5,13H,6-7H2,1-2H3. The molecule has 1 aromatic carbocycles. The van der Waals surface area contributed by atoms with Gasteiger partial charge in [0.2, 0.25) is 0 Å². The van der Waals surface area contributed by atoms with Crippen molar-refractivity contribution in [3.05, 3.63) is 29.3 Å². The van der Waals surface area contributed by atoms with E-state index in [1.165, 1.54) is 6.92 Å². The molecule has 1 N–H and O–H groups in total. The smallest absolute Gasteiger partial charge is 0.302 e. The van der Waals surface area contributed by atoms with E-state index in [0.29, 0.717) is 12.2 Å². The number of carbonyl (C=O) groups is 1. The first kappa shape index (κ1) is 11.5. The summed E-state index contributed by atoms with van der Waals surface area (Å²) in [5.41, 5.74) is 1.51. The third-order valence-electron chi connectivity index (χ3n) is 1.89. The molecule has 0 radical (unpaired) electrons. The quantitative estimate of drug-likeness (QED) is 0.767. The SMILES string of the molecule is COCc1ccc(O)c(COC(C)=O)c1. The zero-order valence-electron chi connectivity index (χ0n) is 8.82. The minimum Gasteiger partial charge on any atom is -0.508 e. The average molecular weight is 210 g/mol. The first-order valence-electron chi connectivity index (χ1n) is 4.56. The van der Waals surface area contributed by atoms with E-state index in [4.69, 9.17) is 9.47 Å². The predicted octanol–water partition coefficient (Wildman–Crippen LogP) is 1.60. The van der Waals surface area contributed by atoms with E-state index >= 15 is 0 Å². The summed E-state index contributed by atoms with van der Waals surface area (Å²) in [7, 11) is 1.60. The highest BCUT2D eigenvalue weighted by Gasteiger charge is 2.04. The highest BCUT2D eigenvalue weighted by molar-refractivity contribution is 5.66. The van der Waals surface area contributed by atoms with E-state index in [9.17, 15) is 9.90 Å². The van der Waals surface area contributed by atoms with Crippen molar-refractivity contribution in [2.24, 2.45) is 0 Å². The van der Waals surface area contributed by atoms with Crippen LogP contribution in [0.3, 0.4) is 0 Å². The van der Waals surface area contributed by atoms with Crippen LogP contribution in [0.4, 0.5) is 0 Å². The van der Waals surface area contributed by atoms with E-state index in [1.807, 2.05) is 0 Å². The number of hydrogen-bond acceptors (Lipinski definition) is 4. The van der Waals surface area contributed by atoms with Crippen molar-refractivity contribution in [1.29, 1.82) is 0 Å². The summed E-state index contributed by atoms with van der Waals surface area (Å²) in [6, 6.07) is 5.07. The van der Waals surface area contributed by atoms with Gasteiger partial charge in [0.05, 0.1) is 6.61 Å². The highest BCUT2D eigenvalue weighted by Crippen LogP contribution is 2.19. The lowest BCUT2D eigenvalue weighted by Crippen LogP contribution is -2.00. The van der Waals surface area contributed by atoms with Crippen LogP contribution in [0.1, 0.15) is 18.1 Å². The second kappa shape index (κ2) is 5.36. The molecule has 0 heterocycles. The van der Waals surface area contributed by atoms with Gasteiger partial charge in [-0.3, -0.25) is 4.79 Å². The molecule has 1 aromatic rings. The summed E-state index contributed by atoms with van der Waals surface area (Å²) in [6.45, 7) is 1.88. The number of carbonyl (C=O) groups excluding carboxylic acids is 1. The second-order valence-electron chi connectivity index (χ2n) is 3.18. The molecule has 4 heteroatoms. The Morgan fingerprint density at radius 2 is 2.13 bits per heavy atom. The van der Waals surface area contributed by atoms with Crippen molar-refractivity contribution >= 4 is 5.97 Å². The van der Waals surface area contributed by atoms with Crippen molar-refractivity contribution in [2.75, 3.05) is 7.11 Å². The van der Waals surface area contributed by atoms with Gasteiger partial charge in [-0.15, -0.1) is 0 Å². The van der Waals surface area contributed by atoms with Gasteiger partial charge in [-0.05, 0) is 17.7 Å². The minimum absolute atomic E-state index is 0.0821. The maximum absolute atomic E-state index is 10.6. The molecular weight excluding hydrogens is 196 g/mol. The molecule has 0 amide bonds. The fraction of sp³-hybridized carbons (Fsp3) is 0.364.